The zero-order chi connectivity index (χ0) is 35.0. The van der Waals surface area contributed by atoms with Crippen molar-refractivity contribution in [3.8, 4) is 0 Å². The van der Waals surface area contributed by atoms with Crippen molar-refractivity contribution in [2.24, 2.45) is 11.8 Å². The van der Waals surface area contributed by atoms with Crippen LogP contribution in [0.3, 0.4) is 0 Å². The molecule has 0 aromatic carbocycles. The van der Waals surface area contributed by atoms with Gasteiger partial charge in [-0.05, 0) is 65.0 Å². The van der Waals surface area contributed by atoms with Crippen LogP contribution in [0.25, 0.3) is 0 Å². The van der Waals surface area contributed by atoms with Gasteiger partial charge in [-0.15, -0.1) is 0 Å². The average molecular weight is 683 g/mol. The van der Waals surface area contributed by atoms with Gasteiger partial charge in [0.1, 0.15) is 13.2 Å². The maximum absolute atomic E-state index is 12.4. The van der Waals surface area contributed by atoms with Gasteiger partial charge >= 0.3 is 23.5 Å². The van der Waals surface area contributed by atoms with Gasteiger partial charge in [-0.25, -0.2) is 14.4 Å². The molecule has 270 valence electrons. The summed E-state index contributed by atoms with van der Waals surface area (Å²) in [5.74, 6) is -0.493. The molecule has 2 amide bonds. The second-order valence-corrected chi connectivity index (χ2v) is 13.2. The van der Waals surface area contributed by atoms with Crippen molar-refractivity contribution in [3.05, 3.63) is 0 Å². The van der Waals surface area contributed by atoms with Gasteiger partial charge in [-0.1, -0.05) is 20.8 Å². The van der Waals surface area contributed by atoms with Crippen molar-refractivity contribution in [2.45, 2.75) is 85.5 Å². The lowest BCUT2D eigenvalue weighted by Crippen LogP contribution is -2.35. The number of hydrogen-bond donors (Lipinski definition) is 2. The molecule has 0 radical (unpaired) electrons. The van der Waals surface area contributed by atoms with Crippen LogP contribution in [0.1, 0.15) is 68.2 Å². The molecule has 0 heterocycles. The van der Waals surface area contributed by atoms with Gasteiger partial charge in [0.05, 0.1) is 63.4 Å². The molecule has 0 bridgehead atoms. The van der Waals surface area contributed by atoms with Gasteiger partial charge in [-0.3, -0.25) is 4.79 Å². The summed E-state index contributed by atoms with van der Waals surface area (Å²) in [6.45, 7) is 17.8. The van der Waals surface area contributed by atoms with Gasteiger partial charge < -0.3 is 48.5 Å². The van der Waals surface area contributed by atoms with Crippen LogP contribution in [0.4, 0.5) is 14.4 Å². The minimum atomic E-state index is -0.926. The highest BCUT2D eigenvalue weighted by molar-refractivity contribution is 8.12. The Kier molecular flexibility index (Phi) is 23.5. The van der Waals surface area contributed by atoms with E-state index in [4.69, 9.17) is 37.9 Å². The minimum Gasteiger partial charge on any atom is -0.455 e. The standard InChI is InChI=1S/C31H58N2O12S/c1-23(2)20-24(3)26(34)45-25(22-42-29(37)46-9)21-41-28(36)33-12-15-39-17-16-38-14-11-32-27(35)40-13-10-31(7,8)44-19-18-43-30(4,5)6/h23-25H,10-22H2,1-9H3,(H,32,35)(H,33,36)/t24?,25-/m0/s1. The van der Waals surface area contributed by atoms with Crippen LogP contribution >= 0.6 is 11.8 Å². The van der Waals surface area contributed by atoms with Gasteiger partial charge in [-0.2, -0.15) is 0 Å². The lowest BCUT2D eigenvalue weighted by Gasteiger charge is -2.26. The van der Waals surface area contributed by atoms with E-state index in [1.807, 2.05) is 48.5 Å². The van der Waals surface area contributed by atoms with E-state index in [1.54, 1.807) is 13.2 Å². The van der Waals surface area contributed by atoms with E-state index in [-0.39, 0.29) is 64.2 Å². The number of alkyl carbamates (subject to hydrolysis) is 2. The number of amides is 2. The smallest absolute Gasteiger partial charge is 0.407 e. The molecule has 0 saturated carbocycles. The monoisotopic (exact) mass is 682 g/mol. The van der Waals surface area contributed by atoms with Crippen molar-refractivity contribution in [3.63, 3.8) is 0 Å². The van der Waals surface area contributed by atoms with Gasteiger partial charge in [0.2, 0.25) is 0 Å². The summed E-state index contributed by atoms with van der Waals surface area (Å²) in [6.07, 6.45) is 0.557. The molecule has 0 fully saturated rings. The summed E-state index contributed by atoms with van der Waals surface area (Å²) in [6, 6.07) is 0. The Morgan fingerprint density at radius 2 is 1.24 bits per heavy atom. The third-order valence-corrected chi connectivity index (χ3v) is 6.37. The fourth-order valence-electron chi connectivity index (χ4n) is 3.59. The maximum Gasteiger partial charge on any atom is 0.407 e. The van der Waals surface area contributed by atoms with E-state index in [0.29, 0.717) is 38.6 Å². The summed E-state index contributed by atoms with van der Waals surface area (Å²) in [5, 5.41) is 4.62. The van der Waals surface area contributed by atoms with Crippen LogP contribution in [-0.2, 0) is 42.7 Å². The third kappa shape index (κ3) is 26.8. The van der Waals surface area contributed by atoms with Gasteiger partial charge in [0.25, 0.3) is 0 Å². The molecule has 14 nitrogen and oxygen atoms in total. The number of hydrogen-bond acceptors (Lipinski definition) is 13. The first-order chi connectivity index (χ1) is 21.5. The SMILES string of the molecule is CSC(=O)OC[C@H](COC(=O)NCCOCCOCCNC(=O)OCCC(C)(C)OCCOC(C)(C)C)OC(=O)C(C)CC(C)C. The molecule has 2 atom stereocenters. The molecule has 0 aliphatic carbocycles. The Balaban J connectivity index is 3.96. The summed E-state index contributed by atoms with van der Waals surface area (Å²) in [7, 11) is 0. The Labute approximate surface area is 278 Å². The van der Waals surface area contributed by atoms with E-state index in [9.17, 15) is 19.2 Å². The van der Waals surface area contributed by atoms with Crippen molar-refractivity contribution < 1.29 is 57.1 Å². The quantitative estimate of drug-likeness (QED) is 0.0827. The van der Waals surface area contributed by atoms with Crippen LogP contribution < -0.4 is 10.6 Å². The first-order valence-electron chi connectivity index (χ1n) is 15.7. The summed E-state index contributed by atoms with van der Waals surface area (Å²) >= 11 is 0.882. The van der Waals surface area contributed by atoms with Gasteiger partial charge in [0, 0.05) is 19.5 Å². The number of esters is 1. The second-order valence-electron chi connectivity index (χ2n) is 12.5. The first-order valence-corrected chi connectivity index (χ1v) is 16.9. The van der Waals surface area contributed by atoms with Crippen LogP contribution in [0.2, 0.25) is 0 Å². The molecule has 0 aromatic heterocycles. The Bertz CT molecular complexity index is 867. The van der Waals surface area contributed by atoms with Crippen molar-refractivity contribution >= 4 is 35.2 Å². The zero-order valence-electron chi connectivity index (χ0n) is 29.2. The first kappa shape index (κ1) is 43.7. The van der Waals surface area contributed by atoms with Gasteiger partial charge in [0.15, 0.2) is 6.10 Å². The Morgan fingerprint density at radius 3 is 1.78 bits per heavy atom. The van der Waals surface area contributed by atoms with Crippen LogP contribution in [0.5, 0.6) is 0 Å². The molecular weight excluding hydrogens is 624 g/mol. The average Bonchev–Trinajstić information content (AvgIpc) is 2.96. The molecule has 0 spiro atoms. The second kappa shape index (κ2) is 24.8. The van der Waals surface area contributed by atoms with Crippen molar-refractivity contribution in [2.75, 3.05) is 78.8 Å². The molecular formula is C31H58N2O12S. The van der Waals surface area contributed by atoms with Crippen molar-refractivity contribution in [1.82, 2.24) is 10.6 Å². The molecule has 1 unspecified atom stereocenters. The van der Waals surface area contributed by atoms with E-state index in [0.717, 1.165) is 11.8 Å². The predicted octanol–water partition coefficient (Wildman–Crippen LogP) is 4.57. The van der Waals surface area contributed by atoms with E-state index in [1.165, 1.54) is 0 Å². The Morgan fingerprint density at radius 1 is 0.696 bits per heavy atom. The molecule has 0 aliphatic rings. The third-order valence-electron chi connectivity index (χ3n) is 5.92. The van der Waals surface area contributed by atoms with E-state index >= 15 is 0 Å². The number of rotatable bonds is 24. The maximum atomic E-state index is 12.4. The number of ether oxygens (including phenoxy) is 8. The lowest BCUT2D eigenvalue weighted by molar-refractivity contribution is -0.158. The number of nitrogens with one attached hydrogen (secondary N) is 2. The molecule has 0 aromatic rings. The molecule has 15 heteroatoms. The zero-order valence-corrected chi connectivity index (χ0v) is 30.0. The highest BCUT2D eigenvalue weighted by Gasteiger charge is 2.24. The molecule has 0 saturated heterocycles. The molecule has 2 N–H and O–H groups in total. The highest BCUT2D eigenvalue weighted by atomic mass is 32.2. The predicted molar refractivity (Wildman–Crippen MR) is 174 cm³/mol. The van der Waals surface area contributed by atoms with E-state index in [2.05, 4.69) is 10.6 Å². The number of thioether (sulfide) groups is 1. The minimum absolute atomic E-state index is 0.177. The number of carbonyl (C=O) groups is 4. The van der Waals surface area contributed by atoms with Crippen molar-refractivity contribution in [1.29, 1.82) is 0 Å². The molecule has 0 rings (SSSR count). The van der Waals surface area contributed by atoms with E-state index < -0.39 is 35.2 Å². The summed E-state index contributed by atoms with van der Waals surface area (Å²) in [5.41, 5.74) is -0.661. The lowest BCUT2D eigenvalue weighted by atomic mass is 9.99. The van der Waals surface area contributed by atoms with Crippen LogP contribution in [-0.4, -0.2) is 120 Å². The van der Waals surface area contributed by atoms with Crippen LogP contribution in [0, 0.1) is 11.8 Å². The largest absolute Gasteiger partial charge is 0.455 e. The Hall–Kier alpha value is -2.33. The van der Waals surface area contributed by atoms with Crippen LogP contribution in [0.15, 0.2) is 0 Å². The topological polar surface area (TPSA) is 166 Å². The fraction of sp³-hybridized carbons (Fsp3) is 0.871. The highest BCUT2D eigenvalue weighted by Crippen LogP contribution is 2.16. The molecule has 46 heavy (non-hydrogen) atoms. The molecule has 0 aliphatic heterocycles. The summed E-state index contributed by atoms with van der Waals surface area (Å²) < 4.78 is 43.1. The fourth-order valence-corrected chi connectivity index (χ4v) is 3.78. The normalized spacial score (nSPS) is 13.1. The summed E-state index contributed by atoms with van der Waals surface area (Å²) in [4.78, 5) is 47.8. The number of carbonyl (C=O) groups excluding carboxylic acids is 4.